The van der Waals surface area contributed by atoms with Gasteiger partial charge in [-0.05, 0) is 42.7 Å². The average Bonchev–Trinajstić information content (AvgIpc) is 3.34. The van der Waals surface area contributed by atoms with Crippen molar-refractivity contribution in [2.45, 2.75) is 43.4 Å². The number of benzene rings is 2. The van der Waals surface area contributed by atoms with Crippen molar-refractivity contribution in [3.63, 3.8) is 0 Å². The largest absolute Gasteiger partial charge is 0.440 e. The number of carbonyl (C=O) groups excluding carboxylic acids is 1. The highest BCUT2D eigenvalue weighted by Gasteiger charge is 2.67. The van der Waals surface area contributed by atoms with Crippen LogP contribution in [0.15, 0.2) is 48.5 Å². The fourth-order valence-electron chi connectivity index (χ4n) is 4.42. The molecule has 2 aromatic rings. The molecule has 4 nitrogen and oxygen atoms in total. The molecule has 1 amide bonds. The summed E-state index contributed by atoms with van der Waals surface area (Å²) in [5.41, 5.74) is -2.98. The highest BCUT2D eigenvalue weighted by molar-refractivity contribution is 5.69. The Kier molecular flexibility index (Phi) is 5.63. The van der Waals surface area contributed by atoms with Crippen LogP contribution in [0.1, 0.15) is 47.7 Å². The first-order valence-electron chi connectivity index (χ1n) is 10.4. The molecule has 10 heteroatoms. The zero-order valence-corrected chi connectivity index (χ0v) is 17.8. The van der Waals surface area contributed by atoms with E-state index in [1.807, 2.05) is 30.3 Å². The molecular weight excluding hydrogens is 450 g/mol. The number of fused-ring (bicyclic) bond motifs is 1. The Morgan fingerprint density at radius 2 is 1.64 bits per heavy atom. The van der Waals surface area contributed by atoms with E-state index in [0.29, 0.717) is 25.1 Å². The molecule has 0 spiro atoms. The molecule has 0 aromatic heterocycles. The minimum absolute atomic E-state index is 0.0664. The van der Waals surface area contributed by atoms with E-state index >= 15 is 0 Å². The Bertz CT molecular complexity index is 1010. The first kappa shape index (κ1) is 23.4. The maximum absolute atomic E-state index is 13.2. The lowest BCUT2D eigenvalue weighted by Gasteiger charge is -2.30. The van der Waals surface area contributed by atoms with E-state index in [9.17, 15) is 31.1 Å². The first-order chi connectivity index (χ1) is 15.3. The summed E-state index contributed by atoms with van der Waals surface area (Å²) < 4.78 is 85.1. The van der Waals surface area contributed by atoms with Gasteiger partial charge in [-0.2, -0.15) is 26.3 Å². The lowest BCUT2D eigenvalue weighted by molar-refractivity contribution is -0.143. The molecule has 178 valence electrons. The summed E-state index contributed by atoms with van der Waals surface area (Å²) in [7, 11) is 1.30. The summed E-state index contributed by atoms with van der Waals surface area (Å²) in [6.45, 7) is 2.01. The summed E-state index contributed by atoms with van der Waals surface area (Å²) >= 11 is 0. The Morgan fingerprint density at radius 3 is 2.15 bits per heavy atom. The van der Waals surface area contributed by atoms with E-state index in [4.69, 9.17) is 4.74 Å². The van der Waals surface area contributed by atoms with Crippen molar-refractivity contribution < 1.29 is 35.9 Å². The number of carbonyl (C=O) groups is 1. The summed E-state index contributed by atoms with van der Waals surface area (Å²) in [5.74, 6) is 0.0979. The van der Waals surface area contributed by atoms with Crippen LogP contribution < -0.4 is 5.32 Å². The molecule has 2 aliphatic rings. The van der Waals surface area contributed by atoms with Crippen molar-refractivity contribution in [1.82, 2.24) is 10.2 Å². The van der Waals surface area contributed by atoms with Gasteiger partial charge in [0, 0.05) is 19.5 Å². The molecule has 0 radical (unpaired) electrons. The lowest BCUT2D eigenvalue weighted by atomic mass is 9.99. The number of halogens is 6. The van der Waals surface area contributed by atoms with Gasteiger partial charge in [0.25, 0.3) is 0 Å². The smallest absolute Gasteiger partial charge is 0.416 e. The number of hydrogen-bond donors (Lipinski definition) is 1. The zero-order valence-electron chi connectivity index (χ0n) is 17.8. The van der Waals surface area contributed by atoms with E-state index in [0.717, 1.165) is 10.5 Å². The molecule has 4 rings (SSSR count). The van der Waals surface area contributed by atoms with Gasteiger partial charge >= 0.3 is 18.4 Å². The molecule has 2 aromatic carbocycles. The maximum atomic E-state index is 13.2. The second-order valence-corrected chi connectivity index (χ2v) is 8.60. The standard InChI is InChI=1S/C23H22F6N2O2/c1-13(15-8-16(22(24,25)26)10-17(9-15)23(27,28)29)31(2)20(32)33-21-11-18(21)12-30-19(21)14-6-4-3-5-7-14/h3-10,13,18-19,30H,11-12H2,1-2H3. The van der Waals surface area contributed by atoms with Crippen molar-refractivity contribution in [3.8, 4) is 0 Å². The SMILES string of the molecule is CC(c1cc(C(F)(F)F)cc(C(F)(F)F)c1)N(C)C(=O)OC12CC1CNC2c1ccccc1. The van der Waals surface area contributed by atoms with Crippen LogP contribution in [-0.4, -0.2) is 30.2 Å². The first-order valence-corrected chi connectivity index (χ1v) is 10.4. The number of nitrogens with zero attached hydrogens (tertiary/aromatic N) is 1. The predicted octanol–water partition coefficient (Wildman–Crippen LogP) is 5.96. The number of hydrogen-bond acceptors (Lipinski definition) is 3. The van der Waals surface area contributed by atoms with Gasteiger partial charge in [0.2, 0.25) is 0 Å². The fourth-order valence-corrected chi connectivity index (χ4v) is 4.42. The van der Waals surface area contributed by atoms with Crippen LogP contribution in [0, 0.1) is 5.92 Å². The molecule has 4 unspecified atom stereocenters. The van der Waals surface area contributed by atoms with Gasteiger partial charge in [-0.1, -0.05) is 30.3 Å². The second-order valence-electron chi connectivity index (χ2n) is 8.60. The Hall–Kier alpha value is -2.75. The third-order valence-corrected chi connectivity index (χ3v) is 6.52. The molecule has 1 aliphatic heterocycles. The van der Waals surface area contributed by atoms with E-state index in [1.54, 1.807) is 0 Å². The summed E-state index contributed by atoms with van der Waals surface area (Å²) in [4.78, 5) is 13.9. The van der Waals surface area contributed by atoms with E-state index < -0.39 is 41.2 Å². The minimum Gasteiger partial charge on any atom is -0.440 e. The number of piperidine rings is 1. The number of rotatable bonds is 4. The molecule has 1 heterocycles. The fraction of sp³-hybridized carbons (Fsp3) is 0.435. The van der Waals surface area contributed by atoms with Gasteiger partial charge in [0.05, 0.1) is 23.2 Å². The van der Waals surface area contributed by atoms with Crippen molar-refractivity contribution in [1.29, 1.82) is 0 Å². The molecule has 4 atom stereocenters. The molecule has 2 fully saturated rings. The number of nitrogens with one attached hydrogen (secondary N) is 1. The van der Waals surface area contributed by atoms with Crippen LogP contribution in [-0.2, 0) is 17.1 Å². The van der Waals surface area contributed by atoms with Crippen molar-refractivity contribution in [3.05, 3.63) is 70.8 Å². The van der Waals surface area contributed by atoms with Crippen LogP contribution >= 0.6 is 0 Å². The average molecular weight is 472 g/mol. The van der Waals surface area contributed by atoms with Crippen LogP contribution in [0.3, 0.4) is 0 Å². The molecular formula is C23H22F6N2O2. The van der Waals surface area contributed by atoms with Crippen molar-refractivity contribution in [2.24, 2.45) is 5.92 Å². The quantitative estimate of drug-likeness (QED) is 0.559. The number of alkyl halides is 6. The lowest BCUT2D eigenvalue weighted by Crippen LogP contribution is -2.38. The summed E-state index contributed by atoms with van der Waals surface area (Å²) in [5, 5.41) is 3.32. The topological polar surface area (TPSA) is 41.6 Å². The molecule has 0 bridgehead atoms. The molecule has 1 aliphatic carbocycles. The molecule has 1 saturated heterocycles. The molecule has 1 saturated carbocycles. The molecule has 33 heavy (non-hydrogen) atoms. The summed E-state index contributed by atoms with van der Waals surface area (Å²) in [6.07, 6.45) is -10.1. The van der Waals surface area contributed by atoms with Gasteiger partial charge in [0.15, 0.2) is 0 Å². The predicted molar refractivity (Wildman–Crippen MR) is 107 cm³/mol. The van der Waals surface area contributed by atoms with Crippen LogP contribution in [0.2, 0.25) is 0 Å². The Labute approximate surface area is 186 Å². The zero-order chi connectivity index (χ0) is 24.2. The highest BCUT2D eigenvalue weighted by atomic mass is 19.4. The third-order valence-electron chi connectivity index (χ3n) is 6.52. The number of amides is 1. The summed E-state index contributed by atoms with van der Waals surface area (Å²) in [6, 6.07) is 9.41. The van der Waals surface area contributed by atoms with Crippen LogP contribution in [0.4, 0.5) is 31.1 Å². The minimum atomic E-state index is -4.96. The van der Waals surface area contributed by atoms with Gasteiger partial charge < -0.3 is 15.0 Å². The normalized spacial score (nSPS) is 25.3. The van der Waals surface area contributed by atoms with Crippen molar-refractivity contribution >= 4 is 6.09 Å². The number of ether oxygens (including phenoxy) is 1. The van der Waals surface area contributed by atoms with Gasteiger partial charge in [-0.3, -0.25) is 0 Å². The van der Waals surface area contributed by atoms with E-state index in [2.05, 4.69) is 5.32 Å². The second kappa shape index (κ2) is 7.93. The molecule has 1 N–H and O–H groups in total. The monoisotopic (exact) mass is 472 g/mol. The van der Waals surface area contributed by atoms with Crippen molar-refractivity contribution in [2.75, 3.05) is 13.6 Å². The van der Waals surface area contributed by atoms with E-state index in [1.165, 1.54) is 14.0 Å². The third kappa shape index (κ3) is 4.40. The van der Waals surface area contributed by atoms with Gasteiger partial charge in [-0.15, -0.1) is 0 Å². The van der Waals surface area contributed by atoms with Gasteiger partial charge in [-0.25, -0.2) is 4.79 Å². The van der Waals surface area contributed by atoms with E-state index in [-0.39, 0.29) is 23.6 Å². The Morgan fingerprint density at radius 1 is 1.06 bits per heavy atom. The highest BCUT2D eigenvalue weighted by Crippen LogP contribution is 2.58. The van der Waals surface area contributed by atoms with Crippen LogP contribution in [0.25, 0.3) is 0 Å². The van der Waals surface area contributed by atoms with Crippen LogP contribution in [0.5, 0.6) is 0 Å². The van der Waals surface area contributed by atoms with Gasteiger partial charge in [0.1, 0.15) is 5.60 Å². The maximum Gasteiger partial charge on any atom is 0.416 e. The Balaban J connectivity index is 1.56.